The number of hydrogen-bond acceptors (Lipinski definition) is 3. The molecule has 1 aliphatic rings. The summed E-state index contributed by atoms with van der Waals surface area (Å²) in [5.41, 5.74) is 3.16. The average molecular weight is 307 g/mol. The van der Waals surface area contributed by atoms with Gasteiger partial charge in [-0.15, -0.1) is 0 Å². The van der Waals surface area contributed by atoms with Gasteiger partial charge in [0.15, 0.2) is 0 Å². The molecule has 0 bridgehead atoms. The van der Waals surface area contributed by atoms with Gasteiger partial charge in [0.1, 0.15) is 0 Å². The minimum absolute atomic E-state index is 0.187. The Morgan fingerprint density at radius 3 is 2.50 bits per heavy atom. The Morgan fingerprint density at radius 1 is 1.32 bits per heavy atom. The Morgan fingerprint density at radius 2 is 1.95 bits per heavy atom. The number of rotatable bonds is 5. The summed E-state index contributed by atoms with van der Waals surface area (Å²) in [6.07, 6.45) is 2.26. The van der Waals surface area contributed by atoms with E-state index in [9.17, 15) is 9.90 Å². The smallest absolute Gasteiger partial charge is 0.227 e. The molecule has 0 unspecified atom stereocenters. The molecular formula is C17H29N3O2. The van der Waals surface area contributed by atoms with Crippen LogP contribution in [0.25, 0.3) is 0 Å². The van der Waals surface area contributed by atoms with Crippen molar-refractivity contribution < 1.29 is 9.90 Å². The summed E-state index contributed by atoms with van der Waals surface area (Å²) in [6.45, 7) is 11.1. The number of aliphatic hydroxyl groups is 1. The molecule has 1 amide bonds. The van der Waals surface area contributed by atoms with E-state index < -0.39 is 0 Å². The monoisotopic (exact) mass is 307 g/mol. The maximum atomic E-state index is 12.5. The maximum absolute atomic E-state index is 12.5. The van der Waals surface area contributed by atoms with Gasteiger partial charge in [-0.25, -0.2) is 0 Å². The van der Waals surface area contributed by atoms with E-state index >= 15 is 0 Å². The maximum Gasteiger partial charge on any atom is 0.227 e. The van der Waals surface area contributed by atoms with Crippen LogP contribution in [0.1, 0.15) is 43.6 Å². The van der Waals surface area contributed by atoms with E-state index in [-0.39, 0.29) is 12.5 Å². The van der Waals surface area contributed by atoms with Crippen molar-refractivity contribution >= 4 is 5.91 Å². The van der Waals surface area contributed by atoms with Crippen molar-refractivity contribution in [1.82, 2.24) is 14.7 Å². The number of piperidine rings is 1. The SMILES string of the molecule is Cc1nn(CC(C)C)c(C)c1CC(=O)N1CCC(CO)CC1. The summed E-state index contributed by atoms with van der Waals surface area (Å²) < 4.78 is 2.03. The van der Waals surface area contributed by atoms with Gasteiger partial charge >= 0.3 is 0 Å². The van der Waals surface area contributed by atoms with Crippen molar-refractivity contribution in [3.63, 3.8) is 0 Å². The molecule has 2 rings (SSSR count). The molecule has 5 nitrogen and oxygen atoms in total. The second-order valence-corrected chi connectivity index (χ2v) is 6.91. The van der Waals surface area contributed by atoms with Crippen molar-refractivity contribution in [2.24, 2.45) is 11.8 Å². The Kier molecular flexibility index (Phi) is 5.62. The summed E-state index contributed by atoms with van der Waals surface area (Å²) >= 11 is 0. The zero-order chi connectivity index (χ0) is 16.3. The number of hydrogen-bond donors (Lipinski definition) is 1. The fraction of sp³-hybridized carbons (Fsp3) is 0.765. The Balaban J connectivity index is 2.01. The first-order chi connectivity index (χ1) is 10.4. The fourth-order valence-electron chi connectivity index (χ4n) is 3.14. The van der Waals surface area contributed by atoms with Crippen molar-refractivity contribution in [1.29, 1.82) is 0 Å². The normalized spacial score (nSPS) is 16.5. The topological polar surface area (TPSA) is 58.4 Å². The van der Waals surface area contributed by atoms with Crippen LogP contribution in [0.3, 0.4) is 0 Å². The molecule has 22 heavy (non-hydrogen) atoms. The number of aliphatic hydroxyl groups excluding tert-OH is 1. The highest BCUT2D eigenvalue weighted by molar-refractivity contribution is 5.79. The van der Waals surface area contributed by atoms with E-state index in [0.717, 1.165) is 49.4 Å². The number of aromatic nitrogens is 2. The molecule has 2 heterocycles. The second-order valence-electron chi connectivity index (χ2n) is 6.91. The van der Waals surface area contributed by atoms with Crippen LogP contribution in [0.4, 0.5) is 0 Å². The molecule has 1 aromatic rings. The molecule has 0 aliphatic carbocycles. The highest BCUT2D eigenvalue weighted by atomic mass is 16.3. The number of likely N-dealkylation sites (tertiary alicyclic amines) is 1. The largest absolute Gasteiger partial charge is 0.396 e. The Labute approximate surface area is 133 Å². The predicted molar refractivity (Wildman–Crippen MR) is 86.6 cm³/mol. The quantitative estimate of drug-likeness (QED) is 0.904. The molecule has 1 aromatic heterocycles. The van der Waals surface area contributed by atoms with Crippen LogP contribution in [-0.2, 0) is 17.8 Å². The highest BCUT2D eigenvalue weighted by Gasteiger charge is 2.24. The van der Waals surface area contributed by atoms with E-state index in [1.54, 1.807) is 0 Å². The summed E-state index contributed by atoms with van der Waals surface area (Å²) in [4.78, 5) is 14.5. The van der Waals surface area contributed by atoms with Gasteiger partial charge < -0.3 is 10.0 Å². The first-order valence-corrected chi connectivity index (χ1v) is 8.33. The van der Waals surface area contributed by atoms with Crippen molar-refractivity contribution in [2.75, 3.05) is 19.7 Å². The van der Waals surface area contributed by atoms with Crippen LogP contribution in [0.2, 0.25) is 0 Å². The molecule has 1 fully saturated rings. The number of amides is 1. The van der Waals surface area contributed by atoms with Crippen LogP contribution in [-0.4, -0.2) is 45.4 Å². The Hall–Kier alpha value is -1.36. The molecule has 0 aromatic carbocycles. The average Bonchev–Trinajstić information content (AvgIpc) is 2.74. The summed E-state index contributed by atoms with van der Waals surface area (Å²) in [6, 6.07) is 0. The molecule has 1 saturated heterocycles. The van der Waals surface area contributed by atoms with Crippen LogP contribution >= 0.6 is 0 Å². The Bertz CT molecular complexity index is 514. The summed E-state index contributed by atoms with van der Waals surface area (Å²) in [5.74, 6) is 1.09. The minimum atomic E-state index is 0.187. The van der Waals surface area contributed by atoms with E-state index in [1.165, 1.54) is 0 Å². The zero-order valence-electron chi connectivity index (χ0n) is 14.3. The van der Waals surface area contributed by atoms with Crippen LogP contribution < -0.4 is 0 Å². The lowest BCUT2D eigenvalue weighted by molar-refractivity contribution is -0.132. The van der Waals surface area contributed by atoms with Gasteiger partial charge in [0.05, 0.1) is 12.1 Å². The number of aryl methyl sites for hydroxylation is 1. The van der Waals surface area contributed by atoms with Gasteiger partial charge in [-0.2, -0.15) is 5.10 Å². The first kappa shape index (κ1) is 17.0. The standard InChI is InChI=1S/C17H29N3O2/c1-12(2)10-20-14(4)16(13(3)18-20)9-17(22)19-7-5-15(11-21)6-8-19/h12,15,21H,5-11H2,1-4H3. The number of carbonyl (C=O) groups is 1. The highest BCUT2D eigenvalue weighted by Crippen LogP contribution is 2.20. The molecule has 1 aliphatic heterocycles. The summed E-state index contributed by atoms with van der Waals surface area (Å²) in [5, 5.41) is 13.8. The molecule has 1 N–H and O–H groups in total. The van der Waals surface area contributed by atoms with E-state index in [4.69, 9.17) is 0 Å². The molecule has 0 atom stereocenters. The lowest BCUT2D eigenvalue weighted by Gasteiger charge is -2.31. The van der Waals surface area contributed by atoms with Crippen LogP contribution in [0.5, 0.6) is 0 Å². The van der Waals surface area contributed by atoms with E-state index in [2.05, 4.69) is 25.9 Å². The van der Waals surface area contributed by atoms with E-state index in [1.807, 2.05) is 16.5 Å². The van der Waals surface area contributed by atoms with Crippen LogP contribution in [0.15, 0.2) is 0 Å². The first-order valence-electron chi connectivity index (χ1n) is 8.33. The van der Waals surface area contributed by atoms with Gasteiger partial charge in [-0.05, 0) is 38.5 Å². The molecular weight excluding hydrogens is 278 g/mol. The molecule has 124 valence electrons. The molecule has 0 saturated carbocycles. The van der Waals surface area contributed by atoms with E-state index in [0.29, 0.717) is 18.3 Å². The van der Waals surface area contributed by atoms with Gasteiger partial charge in [0, 0.05) is 37.5 Å². The molecule has 0 radical (unpaired) electrons. The molecule has 5 heteroatoms. The number of nitrogens with zero attached hydrogens (tertiary/aromatic N) is 3. The van der Waals surface area contributed by atoms with Crippen LogP contribution in [0, 0.1) is 25.7 Å². The third-order valence-electron chi connectivity index (χ3n) is 4.62. The lowest BCUT2D eigenvalue weighted by atomic mass is 9.97. The van der Waals surface area contributed by atoms with Crippen molar-refractivity contribution in [2.45, 2.75) is 53.5 Å². The third kappa shape index (κ3) is 3.88. The lowest BCUT2D eigenvalue weighted by Crippen LogP contribution is -2.40. The van der Waals surface area contributed by atoms with Gasteiger partial charge in [0.2, 0.25) is 5.91 Å². The molecule has 0 spiro atoms. The van der Waals surface area contributed by atoms with Gasteiger partial charge in [0.25, 0.3) is 0 Å². The fourth-order valence-corrected chi connectivity index (χ4v) is 3.14. The van der Waals surface area contributed by atoms with Gasteiger partial charge in [-0.3, -0.25) is 9.48 Å². The van der Waals surface area contributed by atoms with Crippen molar-refractivity contribution in [3.05, 3.63) is 17.0 Å². The summed E-state index contributed by atoms with van der Waals surface area (Å²) in [7, 11) is 0. The van der Waals surface area contributed by atoms with Crippen molar-refractivity contribution in [3.8, 4) is 0 Å². The van der Waals surface area contributed by atoms with Gasteiger partial charge in [-0.1, -0.05) is 13.8 Å². The number of carbonyl (C=O) groups excluding carboxylic acids is 1. The minimum Gasteiger partial charge on any atom is -0.396 e. The predicted octanol–water partition coefficient (Wildman–Crippen LogP) is 1.93. The second kappa shape index (κ2) is 7.27. The zero-order valence-corrected chi connectivity index (χ0v) is 14.3. The third-order valence-corrected chi connectivity index (χ3v) is 4.62.